The lowest BCUT2D eigenvalue weighted by Gasteiger charge is -2.25. The van der Waals surface area contributed by atoms with E-state index in [1.165, 1.54) is 0 Å². The predicted octanol–water partition coefficient (Wildman–Crippen LogP) is 2.19. The van der Waals surface area contributed by atoms with Crippen molar-refractivity contribution in [2.45, 2.75) is 18.8 Å². The van der Waals surface area contributed by atoms with Crippen LogP contribution in [0.25, 0.3) is 4.96 Å². The zero-order valence-electron chi connectivity index (χ0n) is 14.2. The van der Waals surface area contributed by atoms with Crippen molar-refractivity contribution in [1.82, 2.24) is 14.7 Å². The molecular formula is C18H18N4O3S. The van der Waals surface area contributed by atoms with Gasteiger partial charge in [-0.05, 0) is 23.8 Å². The number of ether oxygens (including phenoxy) is 1. The van der Waals surface area contributed by atoms with Gasteiger partial charge in [-0.25, -0.2) is 4.98 Å². The van der Waals surface area contributed by atoms with Gasteiger partial charge in [0.25, 0.3) is 0 Å². The van der Waals surface area contributed by atoms with E-state index in [2.05, 4.69) is 15.6 Å². The van der Waals surface area contributed by atoms with Crippen molar-refractivity contribution in [3.63, 3.8) is 0 Å². The van der Waals surface area contributed by atoms with Gasteiger partial charge in [0.05, 0.1) is 18.7 Å². The molecule has 1 aliphatic heterocycles. The molecule has 1 atom stereocenters. The maximum absolute atomic E-state index is 12.7. The standard InChI is InChI=1S/C18H18N4O3S/c1-25-12-2-3-15-13(8-12)14(9-16(23)21-15)17(24)19-5-4-11-10-22-6-7-26-18(22)20-11/h2-3,6-8,10,14H,4-5,9H2,1H3,(H,19,24)(H,21,23)/t14-/m1/s1. The largest absolute Gasteiger partial charge is 0.497 e. The summed E-state index contributed by atoms with van der Waals surface area (Å²) in [6.07, 6.45) is 4.70. The van der Waals surface area contributed by atoms with Crippen molar-refractivity contribution in [3.8, 4) is 5.75 Å². The number of hydrogen-bond acceptors (Lipinski definition) is 5. The Kier molecular flexibility index (Phi) is 4.34. The molecule has 0 spiro atoms. The van der Waals surface area contributed by atoms with Crippen LogP contribution in [0.1, 0.15) is 23.6 Å². The van der Waals surface area contributed by atoms with Crippen molar-refractivity contribution < 1.29 is 14.3 Å². The van der Waals surface area contributed by atoms with Crippen LogP contribution in [0.15, 0.2) is 36.0 Å². The highest BCUT2D eigenvalue weighted by Gasteiger charge is 2.30. The van der Waals surface area contributed by atoms with E-state index in [0.717, 1.165) is 16.2 Å². The van der Waals surface area contributed by atoms with Gasteiger partial charge in [-0.1, -0.05) is 0 Å². The summed E-state index contributed by atoms with van der Waals surface area (Å²) in [7, 11) is 1.58. The van der Waals surface area contributed by atoms with Crippen molar-refractivity contribution in [3.05, 3.63) is 47.2 Å². The molecule has 26 heavy (non-hydrogen) atoms. The normalized spacial score (nSPS) is 16.2. The Morgan fingerprint density at radius 3 is 3.19 bits per heavy atom. The van der Waals surface area contributed by atoms with Gasteiger partial charge in [0.1, 0.15) is 5.75 Å². The number of hydrogen-bond donors (Lipinski definition) is 2. The number of thiazole rings is 1. The Bertz CT molecular complexity index is 949. The molecule has 2 aromatic heterocycles. The molecule has 3 heterocycles. The predicted molar refractivity (Wildman–Crippen MR) is 98.8 cm³/mol. The molecule has 0 aliphatic carbocycles. The molecule has 8 heteroatoms. The minimum atomic E-state index is -0.514. The Labute approximate surface area is 154 Å². The molecule has 7 nitrogen and oxygen atoms in total. The minimum Gasteiger partial charge on any atom is -0.497 e. The molecule has 4 rings (SSSR count). The van der Waals surface area contributed by atoms with Crippen LogP contribution in [-0.2, 0) is 16.0 Å². The van der Waals surface area contributed by atoms with E-state index >= 15 is 0 Å². The van der Waals surface area contributed by atoms with Gasteiger partial charge in [0.15, 0.2) is 4.96 Å². The van der Waals surface area contributed by atoms with E-state index in [1.807, 2.05) is 28.2 Å². The van der Waals surface area contributed by atoms with Gasteiger partial charge in [0, 0.05) is 42.8 Å². The Hall–Kier alpha value is -2.87. The summed E-state index contributed by atoms with van der Waals surface area (Å²) >= 11 is 1.57. The topological polar surface area (TPSA) is 84.7 Å². The van der Waals surface area contributed by atoms with E-state index in [4.69, 9.17) is 4.74 Å². The second kappa shape index (κ2) is 6.80. The Morgan fingerprint density at radius 2 is 2.38 bits per heavy atom. The molecular weight excluding hydrogens is 352 g/mol. The number of carbonyl (C=O) groups is 2. The third-order valence-corrected chi connectivity index (χ3v) is 5.21. The zero-order valence-corrected chi connectivity index (χ0v) is 15.0. The lowest BCUT2D eigenvalue weighted by molar-refractivity contribution is -0.126. The van der Waals surface area contributed by atoms with Crippen LogP contribution in [0, 0.1) is 0 Å². The number of anilines is 1. The van der Waals surface area contributed by atoms with E-state index in [1.54, 1.807) is 30.6 Å². The number of aromatic nitrogens is 2. The second-order valence-electron chi connectivity index (χ2n) is 6.12. The highest BCUT2D eigenvalue weighted by Crippen LogP contribution is 2.34. The van der Waals surface area contributed by atoms with Crippen molar-refractivity contribution in [2.24, 2.45) is 0 Å². The minimum absolute atomic E-state index is 0.131. The number of rotatable bonds is 5. The average molecular weight is 370 g/mol. The molecule has 0 unspecified atom stereocenters. The number of nitrogens with zero attached hydrogens (tertiary/aromatic N) is 2. The molecule has 0 saturated heterocycles. The summed E-state index contributed by atoms with van der Waals surface area (Å²) in [4.78, 5) is 30.0. The van der Waals surface area contributed by atoms with Crippen LogP contribution < -0.4 is 15.4 Å². The molecule has 1 aromatic carbocycles. The van der Waals surface area contributed by atoms with Crippen LogP contribution >= 0.6 is 11.3 Å². The fourth-order valence-electron chi connectivity index (χ4n) is 3.13. The molecule has 0 fully saturated rings. The maximum atomic E-state index is 12.7. The van der Waals surface area contributed by atoms with Gasteiger partial charge in [-0.3, -0.25) is 14.0 Å². The second-order valence-corrected chi connectivity index (χ2v) is 7.00. The summed E-state index contributed by atoms with van der Waals surface area (Å²) < 4.78 is 7.21. The Morgan fingerprint density at radius 1 is 1.50 bits per heavy atom. The summed E-state index contributed by atoms with van der Waals surface area (Å²) in [5, 5.41) is 7.71. The fourth-order valence-corrected chi connectivity index (χ4v) is 3.85. The number of methoxy groups -OCH3 is 1. The molecule has 0 saturated carbocycles. The van der Waals surface area contributed by atoms with Gasteiger partial charge in [0.2, 0.25) is 11.8 Å². The number of imidazole rings is 1. The number of amides is 2. The maximum Gasteiger partial charge on any atom is 0.228 e. The third-order valence-electron chi connectivity index (χ3n) is 4.44. The first-order valence-corrected chi connectivity index (χ1v) is 9.18. The van der Waals surface area contributed by atoms with Crippen molar-refractivity contribution >= 4 is 33.8 Å². The first kappa shape index (κ1) is 16.6. The Balaban J connectivity index is 1.44. The summed E-state index contributed by atoms with van der Waals surface area (Å²) in [6, 6.07) is 5.34. The molecule has 0 bridgehead atoms. The number of fused-ring (bicyclic) bond motifs is 2. The quantitative estimate of drug-likeness (QED) is 0.721. The SMILES string of the molecule is COc1ccc2c(c1)[C@H](C(=O)NCCc1cn3ccsc3n1)CC(=O)N2. The van der Waals surface area contributed by atoms with Crippen LogP contribution in [0.3, 0.4) is 0 Å². The van der Waals surface area contributed by atoms with Crippen LogP contribution in [0.5, 0.6) is 5.75 Å². The van der Waals surface area contributed by atoms with Crippen LogP contribution in [0.2, 0.25) is 0 Å². The number of carbonyl (C=O) groups excluding carboxylic acids is 2. The smallest absolute Gasteiger partial charge is 0.228 e. The summed E-state index contributed by atoms with van der Waals surface area (Å²) in [6.45, 7) is 0.473. The lowest BCUT2D eigenvalue weighted by Crippen LogP contribution is -2.36. The average Bonchev–Trinajstić information content (AvgIpc) is 3.22. The molecule has 134 valence electrons. The lowest BCUT2D eigenvalue weighted by atomic mass is 9.89. The van der Waals surface area contributed by atoms with E-state index < -0.39 is 5.92 Å². The molecule has 1 aliphatic rings. The highest BCUT2D eigenvalue weighted by molar-refractivity contribution is 7.15. The highest BCUT2D eigenvalue weighted by atomic mass is 32.1. The van der Waals surface area contributed by atoms with E-state index in [-0.39, 0.29) is 18.2 Å². The summed E-state index contributed by atoms with van der Waals surface area (Å²) in [5.74, 6) is -0.164. The molecule has 2 amide bonds. The molecule has 3 aromatic rings. The first-order valence-electron chi connectivity index (χ1n) is 8.30. The summed E-state index contributed by atoms with van der Waals surface area (Å²) in [5.41, 5.74) is 2.38. The van der Waals surface area contributed by atoms with Crippen molar-refractivity contribution in [2.75, 3.05) is 19.0 Å². The molecule has 2 N–H and O–H groups in total. The van der Waals surface area contributed by atoms with E-state index in [9.17, 15) is 9.59 Å². The van der Waals surface area contributed by atoms with Gasteiger partial charge in [-0.15, -0.1) is 11.3 Å². The molecule has 0 radical (unpaired) electrons. The van der Waals surface area contributed by atoms with Crippen LogP contribution in [-0.4, -0.2) is 34.9 Å². The monoisotopic (exact) mass is 370 g/mol. The van der Waals surface area contributed by atoms with Crippen LogP contribution in [0.4, 0.5) is 5.69 Å². The fraction of sp³-hybridized carbons (Fsp3) is 0.278. The first-order chi connectivity index (χ1) is 12.6. The van der Waals surface area contributed by atoms with E-state index in [0.29, 0.717) is 24.4 Å². The number of nitrogens with one attached hydrogen (secondary N) is 2. The van der Waals surface area contributed by atoms with Crippen molar-refractivity contribution in [1.29, 1.82) is 0 Å². The zero-order chi connectivity index (χ0) is 18.1. The van der Waals surface area contributed by atoms with Gasteiger partial charge < -0.3 is 15.4 Å². The van der Waals surface area contributed by atoms with Gasteiger partial charge in [-0.2, -0.15) is 0 Å². The third kappa shape index (κ3) is 3.15. The van der Waals surface area contributed by atoms with Gasteiger partial charge >= 0.3 is 0 Å². The number of benzene rings is 1.